The van der Waals surface area contributed by atoms with Gasteiger partial charge in [0.05, 0.1) is 0 Å². The van der Waals surface area contributed by atoms with Gasteiger partial charge in [-0.1, -0.05) is 15.9 Å². The SMILES string of the molecule is CCOCCCCNCCOc1cc(F)cc(Br)c1. The molecular weight excluding hydrogens is 313 g/mol. The maximum Gasteiger partial charge on any atom is 0.128 e. The summed E-state index contributed by atoms with van der Waals surface area (Å²) in [6.07, 6.45) is 2.16. The molecule has 1 rings (SSSR count). The van der Waals surface area contributed by atoms with Crippen LogP contribution in [0.1, 0.15) is 19.8 Å². The van der Waals surface area contributed by atoms with Crippen LogP contribution in [0.5, 0.6) is 5.75 Å². The highest BCUT2D eigenvalue weighted by molar-refractivity contribution is 9.10. The number of ether oxygens (including phenoxy) is 2. The van der Waals surface area contributed by atoms with E-state index in [1.807, 2.05) is 6.92 Å². The molecule has 0 aliphatic heterocycles. The summed E-state index contributed by atoms with van der Waals surface area (Å²) in [5, 5.41) is 3.28. The predicted molar refractivity (Wildman–Crippen MR) is 78.2 cm³/mol. The van der Waals surface area contributed by atoms with E-state index in [2.05, 4.69) is 21.2 Å². The standard InChI is InChI=1S/C14H21BrFNO2/c1-2-18-7-4-3-5-17-6-8-19-14-10-12(15)9-13(16)11-14/h9-11,17H,2-8H2,1H3. The van der Waals surface area contributed by atoms with Gasteiger partial charge in [0.1, 0.15) is 18.2 Å². The minimum absolute atomic E-state index is 0.298. The minimum Gasteiger partial charge on any atom is -0.492 e. The van der Waals surface area contributed by atoms with Gasteiger partial charge in [-0.15, -0.1) is 0 Å². The Bertz CT molecular complexity index is 343. The molecule has 0 fully saturated rings. The molecule has 0 heterocycles. The fourth-order valence-electron chi connectivity index (χ4n) is 1.58. The lowest BCUT2D eigenvalue weighted by molar-refractivity contribution is 0.143. The van der Waals surface area contributed by atoms with E-state index in [0.29, 0.717) is 16.8 Å². The minimum atomic E-state index is -0.298. The van der Waals surface area contributed by atoms with Gasteiger partial charge in [-0.3, -0.25) is 0 Å². The van der Waals surface area contributed by atoms with Crippen LogP contribution >= 0.6 is 15.9 Å². The van der Waals surface area contributed by atoms with Crippen molar-refractivity contribution >= 4 is 15.9 Å². The molecule has 0 unspecified atom stereocenters. The number of rotatable bonds is 10. The molecular formula is C14H21BrFNO2. The Balaban J connectivity index is 2.01. The molecule has 0 saturated heterocycles. The lowest BCUT2D eigenvalue weighted by atomic mass is 10.3. The quantitative estimate of drug-likeness (QED) is 0.666. The Kier molecular flexibility index (Phi) is 8.79. The van der Waals surface area contributed by atoms with Crippen LogP contribution in [-0.2, 0) is 4.74 Å². The average Bonchev–Trinajstić information content (AvgIpc) is 2.36. The lowest BCUT2D eigenvalue weighted by Gasteiger charge is -2.08. The zero-order valence-corrected chi connectivity index (χ0v) is 12.8. The zero-order chi connectivity index (χ0) is 13.9. The highest BCUT2D eigenvalue weighted by Gasteiger charge is 1.99. The van der Waals surface area contributed by atoms with Gasteiger partial charge in [0.2, 0.25) is 0 Å². The van der Waals surface area contributed by atoms with E-state index >= 15 is 0 Å². The first kappa shape index (κ1) is 16.4. The molecule has 0 spiro atoms. The van der Waals surface area contributed by atoms with Gasteiger partial charge in [-0.05, 0) is 38.4 Å². The molecule has 0 bridgehead atoms. The summed E-state index contributed by atoms with van der Waals surface area (Å²) in [5.74, 6) is 0.248. The largest absolute Gasteiger partial charge is 0.492 e. The van der Waals surface area contributed by atoms with Gasteiger partial charge in [0.15, 0.2) is 0 Å². The number of halogens is 2. The Morgan fingerprint density at radius 1 is 1.16 bits per heavy atom. The molecule has 1 aromatic carbocycles. The van der Waals surface area contributed by atoms with E-state index in [4.69, 9.17) is 9.47 Å². The Labute approximate surface area is 122 Å². The third kappa shape index (κ3) is 8.18. The molecule has 0 atom stereocenters. The summed E-state index contributed by atoms with van der Waals surface area (Å²) >= 11 is 3.23. The van der Waals surface area contributed by atoms with Crippen molar-refractivity contribution in [3.63, 3.8) is 0 Å². The van der Waals surface area contributed by atoms with Gasteiger partial charge in [-0.25, -0.2) is 4.39 Å². The average molecular weight is 334 g/mol. The van der Waals surface area contributed by atoms with Crippen LogP contribution in [0.3, 0.4) is 0 Å². The molecule has 0 aliphatic carbocycles. The topological polar surface area (TPSA) is 30.5 Å². The van der Waals surface area contributed by atoms with E-state index in [-0.39, 0.29) is 5.82 Å². The van der Waals surface area contributed by atoms with Crippen LogP contribution in [0.15, 0.2) is 22.7 Å². The first-order valence-electron chi connectivity index (χ1n) is 6.59. The molecule has 0 amide bonds. The van der Waals surface area contributed by atoms with Gasteiger partial charge in [0.25, 0.3) is 0 Å². The van der Waals surface area contributed by atoms with Crippen molar-refractivity contribution < 1.29 is 13.9 Å². The number of benzene rings is 1. The van der Waals surface area contributed by atoms with Crippen molar-refractivity contribution in [2.24, 2.45) is 0 Å². The molecule has 0 aliphatic rings. The fourth-order valence-corrected chi connectivity index (χ4v) is 2.02. The van der Waals surface area contributed by atoms with Crippen molar-refractivity contribution in [1.29, 1.82) is 0 Å². The molecule has 0 radical (unpaired) electrons. The third-order valence-corrected chi connectivity index (χ3v) is 2.94. The van der Waals surface area contributed by atoms with E-state index in [0.717, 1.165) is 39.1 Å². The second-order valence-electron chi connectivity index (χ2n) is 4.11. The Hall–Kier alpha value is -0.650. The fraction of sp³-hybridized carbons (Fsp3) is 0.571. The molecule has 1 N–H and O–H groups in total. The summed E-state index contributed by atoms with van der Waals surface area (Å²) in [7, 11) is 0. The molecule has 0 saturated carbocycles. The summed E-state index contributed by atoms with van der Waals surface area (Å²) < 4.78 is 24.5. The summed E-state index contributed by atoms with van der Waals surface area (Å²) in [6.45, 7) is 5.84. The van der Waals surface area contributed by atoms with Crippen molar-refractivity contribution in [1.82, 2.24) is 5.32 Å². The number of hydrogen-bond donors (Lipinski definition) is 1. The van der Waals surface area contributed by atoms with Crippen LogP contribution < -0.4 is 10.1 Å². The maximum absolute atomic E-state index is 13.1. The first-order chi connectivity index (χ1) is 9.22. The second-order valence-corrected chi connectivity index (χ2v) is 5.02. The van der Waals surface area contributed by atoms with Gasteiger partial charge in [-0.2, -0.15) is 0 Å². The molecule has 1 aromatic rings. The first-order valence-corrected chi connectivity index (χ1v) is 7.39. The summed E-state index contributed by atoms with van der Waals surface area (Å²) in [4.78, 5) is 0. The smallest absolute Gasteiger partial charge is 0.128 e. The van der Waals surface area contributed by atoms with Crippen molar-refractivity contribution in [2.45, 2.75) is 19.8 Å². The zero-order valence-electron chi connectivity index (χ0n) is 11.3. The number of unbranched alkanes of at least 4 members (excludes halogenated alkanes) is 1. The van der Waals surface area contributed by atoms with E-state index < -0.39 is 0 Å². The molecule has 0 aromatic heterocycles. The molecule has 3 nitrogen and oxygen atoms in total. The maximum atomic E-state index is 13.1. The Morgan fingerprint density at radius 2 is 2.00 bits per heavy atom. The predicted octanol–water partition coefficient (Wildman–Crippen LogP) is 3.37. The van der Waals surface area contributed by atoms with E-state index in [1.54, 1.807) is 6.07 Å². The highest BCUT2D eigenvalue weighted by Crippen LogP contribution is 2.20. The van der Waals surface area contributed by atoms with Crippen molar-refractivity contribution in [3.05, 3.63) is 28.5 Å². The van der Waals surface area contributed by atoms with Gasteiger partial charge in [0, 0.05) is 30.3 Å². The summed E-state index contributed by atoms with van der Waals surface area (Å²) in [5.41, 5.74) is 0. The van der Waals surface area contributed by atoms with Crippen LogP contribution in [0.25, 0.3) is 0 Å². The molecule has 5 heteroatoms. The van der Waals surface area contributed by atoms with E-state index in [9.17, 15) is 4.39 Å². The third-order valence-electron chi connectivity index (χ3n) is 2.48. The summed E-state index contributed by atoms with van der Waals surface area (Å²) in [6, 6.07) is 4.54. The van der Waals surface area contributed by atoms with Crippen molar-refractivity contribution in [2.75, 3.05) is 32.9 Å². The van der Waals surface area contributed by atoms with Crippen molar-refractivity contribution in [3.8, 4) is 5.75 Å². The van der Waals surface area contributed by atoms with Crippen LogP contribution in [0.4, 0.5) is 4.39 Å². The normalized spacial score (nSPS) is 10.7. The Morgan fingerprint density at radius 3 is 2.74 bits per heavy atom. The molecule has 108 valence electrons. The van der Waals surface area contributed by atoms with Gasteiger partial charge < -0.3 is 14.8 Å². The van der Waals surface area contributed by atoms with E-state index in [1.165, 1.54) is 12.1 Å². The second kappa shape index (κ2) is 10.2. The number of hydrogen-bond acceptors (Lipinski definition) is 3. The molecule has 19 heavy (non-hydrogen) atoms. The highest BCUT2D eigenvalue weighted by atomic mass is 79.9. The lowest BCUT2D eigenvalue weighted by Crippen LogP contribution is -2.22. The number of nitrogens with one attached hydrogen (secondary N) is 1. The van der Waals surface area contributed by atoms with Crippen LogP contribution in [0.2, 0.25) is 0 Å². The van der Waals surface area contributed by atoms with Crippen LogP contribution in [0, 0.1) is 5.82 Å². The van der Waals surface area contributed by atoms with Crippen LogP contribution in [-0.4, -0.2) is 32.9 Å². The van der Waals surface area contributed by atoms with Gasteiger partial charge >= 0.3 is 0 Å². The monoisotopic (exact) mass is 333 g/mol.